The molecule has 2 nitrogen and oxygen atoms in total. The van der Waals surface area contributed by atoms with E-state index in [9.17, 15) is 0 Å². The van der Waals surface area contributed by atoms with Gasteiger partial charge in [-0.25, -0.2) is 23.8 Å². The summed E-state index contributed by atoms with van der Waals surface area (Å²) in [6.07, 6.45) is 0. The Bertz CT molecular complexity index is 394. The van der Waals surface area contributed by atoms with E-state index in [0.29, 0.717) is 0 Å². The van der Waals surface area contributed by atoms with Crippen LogP contribution in [-0.4, -0.2) is 26.3 Å². The Balaban J connectivity index is 0.000000322. The van der Waals surface area contributed by atoms with Gasteiger partial charge in [-0.3, -0.25) is 0 Å². The first-order valence-electron chi connectivity index (χ1n) is 6.84. The summed E-state index contributed by atoms with van der Waals surface area (Å²) in [7, 11) is 9.87. The monoisotopic (exact) mass is 402 g/mol. The molecule has 0 aromatic carbocycles. The van der Waals surface area contributed by atoms with Gasteiger partial charge in [0, 0.05) is 13.2 Å². The van der Waals surface area contributed by atoms with E-state index in [1.807, 2.05) is 74.1 Å². The molecular weight excluding hydrogens is 384 g/mol. The van der Waals surface area contributed by atoms with Crippen LogP contribution in [0.25, 0.3) is 0 Å². The van der Waals surface area contributed by atoms with Crippen LogP contribution in [0.4, 0.5) is 0 Å². The van der Waals surface area contributed by atoms with Crippen molar-refractivity contribution in [1.29, 1.82) is 0 Å². The molecule has 0 N–H and O–H groups in total. The van der Waals surface area contributed by atoms with E-state index in [1.54, 1.807) is 0 Å². The van der Waals surface area contributed by atoms with Gasteiger partial charge in [-0.05, 0) is 13.8 Å². The third-order valence-electron chi connectivity index (χ3n) is 2.37. The molecule has 0 aliphatic heterocycles. The van der Waals surface area contributed by atoms with Crippen LogP contribution in [0.1, 0.15) is 13.8 Å². The fourth-order valence-corrected chi connectivity index (χ4v) is 1.56. The Morgan fingerprint density at radius 3 is 1.24 bits per heavy atom. The summed E-state index contributed by atoms with van der Waals surface area (Å²) < 4.78 is 10.6. The fraction of sp³-hybridized carbons (Fsp3) is 0.286. The van der Waals surface area contributed by atoms with Crippen molar-refractivity contribution in [2.45, 2.75) is 13.8 Å². The van der Waals surface area contributed by atoms with Crippen molar-refractivity contribution in [1.82, 2.24) is 0 Å². The summed E-state index contributed by atoms with van der Waals surface area (Å²) in [6.45, 7) is 5.97. The van der Waals surface area contributed by atoms with Gasteiger partial charge in [0.15, 0.2) is 0 Å². The van der Waals surface area contributed by atoms with E-state index >= 15 is 0 Å². The van der Waals surface area contributed by atoms with Gasteiger partial charge in [0.1, 0.15) is 0 Å². The van der Waals surface area contributed by atoms with E-state index in [0.717, 1.165) is 13.2 Å². The number of hydrogen-bond acceptors (Lipinski definition) is 2. The minimum absolute atomic E-state index is 0.208. The molecule has 2 aromatic rings. The molecule has 7 heteroatoms. The summed E-state index contributed by atoms with van der Waals surface area (Å²) >= 11 is -0.826. The number of rotatable bonds is 4. The number of halogens is 2. The van der Waals surface area contributed by atoms with E-state index in [4.69, 9.17) is 26.3 Å². The van der Waals surface area contributed by atoms with Gasteiger partial charge in [-0.1, -0.05) is 12.1 Å². The first-order valence-corrected chi connectivity index (χ1v) is 13.2. The maximum absolute atomic E-state index is 5.29. The van der Waals surface area contributed by atoms with Gasteiger partial charge in [-0.2, -0.15) is 0 Å². The molecule has 0 bridgehead atoms. The van der Waals surface area contributed by atoms with Gasteiger partial charge < -0.3 is 9.31 Å². The first-order chi connectivity index (χ1) is 10.3. The number of hydrogen-bond donors (Lipinski definition) is 0. The molecular formula is C14H20B2Cl2O2Zr. The predicted molar refractivity (Wildman–Crippen MR) is 90.7 cm³/mol. The van der Waals surface area contributed by atoms with E-state index in [1.165, 1.54) is 0 Å². The standard InChI is InChI=1S/2C7H10BO.2ClH.Zr/c2*1-2-9-8-6-4-3-5-7-8;;;/h2*3-7H,2H2,1H3;2*1H;/q2*-1;;;+4/p-2. The van der Waals surface area contributed by atoms with Gasteiger partial charge in [0.25, 0.3) is 0 Å². The van der Waals surface area contributed by atoms with Crippen molar-refractivity contribution in [2.24, 2.45) is 0 Å². The molecule has 112 valence electrons. The van der Waals surface area contributed by atoms with E-state index in [-0.39, 0.29) is 13.1 Å². The second-order valence-electron chi connectivity index (χ2n) is 3.84. The Labute approximate surface area is 147 Å². The zero-order valence-corrected chi connectivity index (χ0v) is 16.4. The summed E-state index contributed by atoms with van der Waals surface area (Å²) in [5.74, 6) is 8.12. The Hall–Kier alpha value is -0.107. The molecule has 0 spiro atoms. The summed E-state index contributed by atoms with van der Waals surface area (Å²) in [6, 6.07) is 12.0. The second kappa shape index (κ2) is 16.3. The first kappa shape index (κ1) is 20.9. The molecule has 0 aliphatic rings. The van der Waals surface area contributed by atoms with Gasteiger partial charge in [-0.15, -0.1) is 24.3 Å². The van der Waals surface area contributed by atoms with Gasteiger partial charge in [0.05, 0.1) is 13.1 Å². The van der Waals surface area contributed by atoms with Crippen molar-refractivity contribution in [3.8, 4) is 0 Å². The van der Waals surface area contributed by atoms with Crippen molar-refractivity contribution >= 4 is 30.1 Å². The molecule has 21 heavy (non-hydrogen) atoms. The molecule has 2 heterocycles. The van der Waals surface area contributed by atoms with Crippen LogP contribution in [0.5, 0.6) is 0 Å². The zero-order valence-electron chi connectivity index (χ0n) is 12.4. The van der Waals surface area contributed by atoms with Crippen molar-refractivity contribution < 1.29 is 30.2 Å². The minimum atomic E-state index is -0.826. The molecule has 0 saturated heterocycles. The van der Waals surface area contributed by atoms with Crippen molar-refractivity contribution in [3.63, 3.8) is 0 Å². The normalized spacial score (nSPS) is 8.19. The third-order valence-corrected chi connectivity index (χ3v) is 2.37. The quantitative estimate of drug-likeness (QED) is 0.774. The van der Waals surface area contributed by atoms with Crippen LogP contribution < -0.4 is 9.31 Å². The van der Waals surface area contributed by atoms with Crippen LogP contribution in [0.3, 0.4) is 0 Å². The van der Waals surface area contributed by atoms with Crippen LogP contribution in [0.15, 0.2) is 60.2 Å². The Morgan fingerprint density at radius 2 is 1.00 bits per heavy atom. The fourth-order valence-electron chi connectivity index (χ4n) is 1.56. The molecule has 0 radical (unpaired) electrons. The molecule has 0 atom stereocenters. The SMILES string of the molecule is CCO[b-]1ccccc1.CCO[b-]1ccccc1.[Cl][Zr+2][Cl]. The molecule has 0 aliphatic carbocycles. The molecule has 0 fully saturated rings. The Morgan fingerprint density at radius 1 is 0.714 bits per heavy atom. The van der Waals surface area contributed by atoms with Crippen molar-refractivity contribution in [3.05, 3.63) is 60.2 Å². The third kappa shape index (κ3) is 13.3. The second-order valence-corrected chi connectivity index (χ2v) is 7.57. The molecule has 0 unspecified atom stereocenters. The van der Waals surface area contributed by atoms with Gasteiger partial charge in [0.2, 0.25) is 0 Å². The van der Waals surface area contributed by atoms with Gasteiger partial charge >= 0.3 is 37.9 Å². The predicted octanol–water partition coefficient (Wildman–Crippen LogP) is 3.70. The molecule has 0 saturated carbocycles. The average Bonchev–Trinajstić information content (AvgIpc) is 2.52. The topological polar surface area (TPSA) is 18.5 Å². The van der Waals surface area contributed by atoms with E-state index < -0.39 is 20.8 Å². The maximum atomic E-state index is 5.29. The Kier molecular flexibility index (Phi) is 16.2. The van der Waals surface area contributed by atoms with Crippen LogP contribution in [-0.2, 0) is 20.8 Å². The van der Waals surface area contributed by atoms with Crippen molar-refractivity contribution in [2.75, 3.05) is 13.2 Å². The summed E-state index contributed by atoms with van der Waals surface area (Å²) in [4.78, 5) is 0. The summed E-state index contributed by atoms with van der Waals surface area (Å²) in [5.41, 5.74) is 0. The van der Waals surface area contributed by atoms with E-state index in [2.05, 4.69) is 0 Å². The molecule has 0 amide bonds. The van der Waals surface area contributed by atoms with Crippen LogP contribution in [0, 0.1) is 0 Å². The van der Waals surface area contributed by atoms with Crippen LogP contribution in [0.2, 0.25) is 0 Å². The zero-order chi connectivity index (χ0) is 15.8. The molecule has 2 rings (SSSR count). The molecule has 2 aromatic heterocycles. The van der Waals surface area contributed by atoms with Crippen LogP contribution >= 0.6 is 17.0 Å². The summed E-state index contributed by atoms with van der Waals surface area (Å²) in [5, 5.41) is 0. The average molecular weight is 404 g/mol.